The predicted molar refractivity (Wildman–Crippen MR) is 230 cm³/mol. The summed E-state index contributed by atoms with van der Waals surface area (Å²) in [5.74, 6) is -3.20. The van der Waals surface area contributed by atoms with E-state index in [1.807, 2.05) is 0 Å². The standard InChI is InChI=1S/C37H75NO22P4/c1-2-3-4-5-6-7-8-9-10-14-17-20-23-26-54-37(42)29(27-55-30(39)24-21-18-15-12-11-13-16-19-22-25-38)28-56-64(52,53)60-33-31(40)34(57-61(43,44)45)36(59-63(49,50)51)35(32(33)41)58-62(46,47)48/h29,31-36,40-41H,2-28,38H2,1H3,(H,52,53)(H2,43,44,45)(H2,46,47,48)(H2,49,50,51)/t29?,31-,32-,33?,34-,35+,36?/m0/s1. The van der Waals surface area contributed by atoms with Crippen molar-refractivity contribution in [3.05, 3.63) is 0 Å². The van der Waals surface area contributed by atoms with Gasteiger partial charge < -0.3 is 59.7 Å². The summed E-state index contributed by atoms with van der Waals surface area (Å²) in [7, 11) is -23.0. The van der Waals surface area contributed by atoms with Gasteiger partial charge in [0.05, 0.1) is 13.2 Å². The number of carbonyl (C=O) groups excluding carboxylic acids is 2. The SMILES string of the molecule is CCCCCCCCCCCCCCCOC(=O)C(COC(=O)CCCCCCCCCCCN)COP(=O)(O)OC1[C@H](O)[C@H](OP(=O)(O)O)C(OP(=O)(O)O)[C@H](OP(=O)(O)O)[C@H]1O. The largest absolute Gasteiger partial charge is 0.472 e. The lowest BCUT2D eigenvalue weighted by molar-refractivity contribution is -0.209. The van der Waals surface area contributed by atoms with Crippen molar-refractivity contribution in [3.63, 3.8) is 0 Å². The molecule has 0 saturated heterocycles. The molecule has 0 heterocycles. The van der Waals surface area contributed by atoms with Crippen molar-refractivity contribution in [2.45, 2.75) is 191 Å². The van der Waals surface area contributed by atoms with Crippen LogP contribution in [0.2, 0.25) is 0 Å². The van der Waals surface area contributed by atoms with Gasteiger partial charge >= 0.3 is 43.2 Å². The molecule has 0 aromatic rings. The average Bonchev–Trinajstić information content (AvgIpc) is 3.19. The van der Waals surface area contributed by atoms with E-state index in [0.29, 0.717) is 19.4 Å². The Hall–Kier alpha value is -0.740. The van der Waals surface area contributed by atoms with E-state index in [1.165, 1.54) is 44.9 Å². The van der Waals surface area contributed by atoms with Crippen LogP contribution in [0.25, 0.3) is 0 Å². The highest BCUT2D eigenvalue weighted by Gasteiger charge is 2.59. The summed E-state index contributed by atoms with van der Waals surface area (Å²) in [6.07, 6.45) is 6.12. The molecule has 1 rings (SSSR count). The third-order valence-corrected chi connectivity index (χ3v) is 12.9. The Bertz CT molecular complexity index is 1440. The maximum atomic E-state index is 13.2. The molecule has 1 saturated carbocycles. The second-order valence-electron chi connectivity index (χ2n) is 16.0. The summed E-state index contributed by atoms with van der Waals surface area (Å²) in [4.78, 5) is 92.8. The van der Waals surface area contributed by atoms with Gasteiger partial charge in [0, 0.05) is 6.42 Å². The van der Waals surface area contributed by atoms with E-state index in [1.54, 1.807) is 0 Å². The fourth-order valence-corrected chi connectivity index (χ4v) is 9.66. The monoisotopic (exact) mass is 1010 g/mol. The van der Waals surface area contributed by atoms with Gasteiger partial charge in [-0.05, 0) is 25.8 Å². The first kappa shape index (κ1) is 61.3. The summed E-state index contributed by atoms with van der Waals surface area (Å²) >= 11 is 0. The molecule has 23 nitrogen and oxygen atoms in total. The van der Waals surface area contributed by atoms with Gasteiger partial charge in [-0.15, -0.1) is 0 Å². The van der Waals surface area contributed by atoms with Gasteiger partial charge in [0.1, 0.15) is 49.1 Å². The number of hydrogen-bond acceptors (Lipinski definition) is 16. The van der Waals surface area contributed by atoms with E-state index in [-0.39, 0.29) is 13.0 Å². The molecule has 0 amide bonds. The van der Waals surface area contributed by atoms with E-state index in [9.17, 15) is 72.3 Å². The van der Waals surface area contributed by atoms with E-state index in [4.69, 9.17) is 24.3 Å². The van der Waals surface area contributed by atoms with Gasteiger partial charge in [0.25, 0.3) is 0 Å². The number of unbranched alkanes of at least 4 members (excludes halogenated alkanes) is 20. The maximum absolute atomic E-state index is 13.2. The van der Waals surface area contributed by atoms with Crippen molar-refractivity contribution < 1.29 is 104 Å². The van der Waals surface area contributed by atoms with Crippen molar-refractivity contribution in [1.82, 2.24) is 0 Å². The fraction of sp³-hybridized carbons (Fsp3) is 0.946. The van der Waals surface area contributed by atoms with Gasteiger partial charge in [0.15, 0.2) is 0 Å². The van der Waals surface area contributed by atoms with E-state index in [2.05, 4.69) is 20.5 Å². The van der Waals surface area contributed by atoms with Crippen LogP contribution >= 0.6 is 31.3 Å². The van der Waals surface area contributed by atoms with Crippen LogP contribution in [0.5, 0.6) is 0 Å². The number of nitrogens with two attached hydrogens (primary N) is 1. The molecule has 380 valence electrons. The quantitative estimate of drug-likeness (QED) is 0.0212. The Morgan fingerprint density at radius 2 is 0.891 bits per heavy atom. The van der Waals surface area contributed by atoms with Crippen LogP contribution in [0, 0.1) is 5.92 Å². The van der Waals surface area contributed by atoms with E-state index < -0.39 is 99.0 Å². The van der Waals surface area contributed by atoms with E-state index >= 15 is 0 Å². The minimum Gasteiger partial charge on any atom is -0.465 e. The number of hydrogen-bond donors (Lipinski definition) is 10. The zero-order chi connectivity index (χ0) is 48.2. The Morgan fingerprint density at radius 3 is 1.31 bits per heavy atom. The van der Waals surface area contributed by atoms with Crippen LogP contribution in [0.1, 0.15) is 155 Å². The number of esters is 2. The highest BCUT2D eigenvalue weighted by molar-refractivity contribution is 7.47. The molecule has 8 atom stereocenters. The first-order chi connectivity index (χ1) is 30.0. The van der Waals surface area contributed by atoms with Gasteiger partial charge in [-0.1, -0.05) is 129 Å². The number of phosphoric ester groups is 4. The predicted octanol–water partition coefficient (Wildman–Crippen LogP) is 5.31. The van der Waals surface area contributed by atoms with Crippen molar-refractivity contribution >= 4 is 43.2 Å². The van der Waals surface area contributed by atoms with Gasteiger partial charge in [0.2, 0.25) is 0 Å². The number of aliphatic hydroxyl groups is 2. The zero-order valence-electron chi connectivity index (χ0n) is 36.8. The molecule has 11 N–H and O–H groups in total. The highest BCUT2D eigenvalue weighted by atomic mass is 31.2. The van der Waals surface area contributed by atoms with Gasteiger partial charge in [-0.2, -0.15) is 0 Å². The molecule has 27 heteroatoms. The van der Waals surface area contributed by atoms with Crippen LogP contribution in [0.15, 0.2) is 0 Å². The maximum Gasteiger partial charge on any atom is 0.472 e. The van der Waals surface area contributed by atoms with Gasteiger partial charge in [-0.3, -0.25) is 32.2 Å². The third-order valence-electron chi connectivity index (χ3n) is 10.3. The number of carbonyl (C=O) groups is 2. The molecule has 1 fully saturated rings. The zero-order valence-corrected chi connectivity index (χ0v) is 40.4. The lowest BCUT2D eigenvalue weighted by Crippen LogP contribution is -2.65. The molecule has 4 unspecified atom stereocenters. The van der Waals surface area contributed by atoms with Crippen LogP contribution in [-0.2, 0) is 59.9 Å². The highest BCUT2D eigenvalue weighted by Crippen LogP contribution is 2.53. The molecule has 0 bridgehead atoms. The molecule has 0 aromatic carbocycles. The van der Waals surface area contributed by atoms with Crippen molar-refractivity contribution in [2.24, 2.45) is 11.7 Å². The molecule has 0 radical (unpaired) electrons. The normalized spacial score (nSPS) is 22.2. The molecule has 1 aliphatic carbocycles. The lowest BCUT2D eigenvalue weighted by atomic mass is 9.85. The summed E-state index contributed by atoms with van der Waals surface area (Å²) in [5, 5.41) is 21.8. The Kier molecular flexibility index (Phi) is 31.5. The Morgan fingerprint density at radius 1 is 0.500 bits per heavy atom. The molecular weight excluding hydrogens is 934 g/mol. The first-order valence-electron chi connectivity index (χ1n) is 22.3. The summed E-state index contributed by atoms with van der Waals surface area (Å²) in [6.45, 7) is 1.10. The lowest BCUT2D eigenvalue weighted by Gasteiger charge is -2.45. The Labute approximate surface area is 376 Å². The summed E-state index contributed by atoms with van der Waals surface area (Å²) < 4.78 is 81.8. The second kappa shape index (κ2) is 32.9. The third kappa shape index (κ3) is 29.9. The number of ether oxygens (including phenoxy) is 2. The molecule has 64 heavy (non-hydrogen) atoms. The minimum absolute atomic E-state index is 0.0135. The average molecular weight is 1010 g/mol. The van der Waals surface area contributed by atoms with Crippen LogP contribution in [0.3, 0.4) is 0 Å². The number of aliphatic hydroxyl groups excluding tert-OH is 2. The fourth-order valence-electron chi connectivity index (χ4n) is 7.00. The van der Waals surface area contributed by atoms with Crippen LogP contribution in [-0.4, -0.2) is 119 Å². The topological polar surface area (TPSA) is 375 Å². The first-order valence-corrected chi connectivity index (χ1v) is 28.3. The van der Waals surface area contributed by atoms with Crippen molar-refractivity contribution in [2.75, 3.05) is 26.4 Å². The summed E-state index contributed by atoms with van der Waals surface area (Å²) in [6, 6.07) is 0. The van der Waals surface area contributed by atoms with Crippen molar-refractivity contribution in [1.29, 1.82) is 0 Å². The second-order valence-corrected chi connectivity index (χ2v) is 21.0. The van der Waals surface area contributed by atoms with Crippen LogP contribution in [0.4, 0.5) is 0 Å². The number of rotatable bonds is 39. The molecule has 0 aliphatic heterocycles. The van der Waals surface area contributed by atoms with Gasteiger partial charge in [-0.25, -0.2) is 18.3 Å². The minimum atomic E-state index is -5.79. The van der Waals surface area contributed by atoms with Crippen LogP contribution < -0.4 is 5.73 Å². The molecule has 1 aliphatic rings. The molecule has 0 aromatic heterocycles. The summed E-state index contributed by atoms with van der Waals surface area (Å²) in [5.41, 5.74) is 5.51. The smallest absolute Gasteiger partial charge is 0.465 e. The van der Waals surface area contributed by atoms with Crippen molar-refractivity contribution in [3.8, 4) is 0 Å². The Balaban J connectivity index is 2.96. The molecule has 0 spiro atoms. The number of phosphoric acid groups is 4. The molecular formula is C37H75NO22P4. The van der Waals surface area contributed by atoms with E-state index in [0.717, 1.165) is 83.5 Å².